The summed E-state index contributed by atoms with van der Waals surface area (Å²) < 4.78 is 5.61. The lowest BCUT2D eigenvalue weighted by Gasteiger charge is -2.17. The molecule has 0 aliphatic heterocycles. The molecule has 2 aromatic rings. The molecular formula is C15H19N3O2. The molecule has 1 aromatic heterocycles. The third-order valence-corrected chi connectivity index (χ3v) is 2.99. The molecule has 106 valence electrons. The Morgan fingerprint density at radius 2 is 2.00 bits per heavy atom. The van der Waals surface area contributed by atoms with E-state index < -0.39 is 6.10 Å². The summed E-state index contributed by atoms with van der Waals surface area (Å²) in [4.78, 5) is 19.1. The van der Waals surface area contributed by atoms with Crippen LogP contribution in [-0.2, 0) is 4.79 Å². The first-order valence-electron chi connectivity index (χ1n) is 6.59. The Kier molecular flexibility index (Phi) is 4.40. The van der Waals surface area contributed by atoms with Crippen molar-refractivity contribution in [3.63, 3.8) is 0 Å². The minimum absolute atomic E-state index is 0.172. The Bertz CT molecular complexity index is 549. The topological polar surface area (TPSA) is 67.0 Å². The maximum Gasteiger partial charge on any atom is 0.261 e. The van der Waals surface area contributed by atoms with E-state index in [0.717, 1.165) is 11.4 Å². The van der Waals surface area contributed by atoms with Crippen molar-refractivity contribution in [2.24, 2.45) is 0 Å². The van der Waals surface area contributed by atoms with Gasteiger partial charge in [0.25, 0.3) is 5.91 Å². The standard InChI is InChI=1S/C15H19N3O2/c1-10-4-6-13(7-5-10)20-12(3)15(19)18-11(2)14-16-8-9-17-14/h4-9,11-12H,1-3H3,(H,16,17)(H,18,19). The van der Waals surface area contributed by atoms with Crippen LogP contribution in [0.4, 0.5) is 0 Å². The number of hydrogen-bond acceptors (Lipinski definition) is 3. The molecule has 2 N–H and O–H groups in total. The van der Waals surface area contributed by atoms with Crippen molar-refractivity contribution >= 4 is 5.91 Å². The monoisotopic (exact) mass is 273 g/mol. The fourth-order valence-corrected chi connectivity index (χ4v) is 1.79. The van der Waals surface area contributed by atoms with Gasteiger partial charge in [-0.2, -0.15) is 0 Å². The molecule has 1 amide bonds. The number of carbonyl (C=O) groups excluding carboxylic acids is 1. The van der Waals surface area contributed by atoms with E-state index in [1.165, 1.54) is 0 Å². The first-order chi connectivity index (χ1) is 9.56. The molecule has 0 radical (unpaired) electrons. The summed E-state index contributed by atoms with van der Waals surface area (Å²) >= 11 is 0. The van der Waals surface area contributed by atoms with Crippen molar-refractivity contribution in [1.29, 1.82) is 0 Å². The van der Waals surface area contributed by atoms with Crippen molar-refractivity contribution in [2.75, 3.05) is 0 Å². The van der Waals surface area contributed by atoms with Gasteiger partial charge in [-0.3, -0.25) is 4.79 Å². The number of aryl methyl sites for hydroxylation is 1. The summed E-state index contributed by atoms with van der Waals surface area (Å²) in [5.41, 5.74) is 1.15. The number of aromatic nitrogens is 2. The lowest BCUT2D eigenvalue weighted by molar-refractivity contribution is -0.128. The number of ether oxygens (including phenoxy) is 1. The number of nitrogens with zero attached hydrogens (tertiary/aromatic N) is 1. The van der Waals surface area contributed by atoms with Crippen LogP contribution in [0.2, 0.25) is 0 Å². The highest BCUT2D eigenvalue weighted by molar-refractivity contribution is 5.81. The molecule has 0 spiro atoms. The van der Waals surface area contributed by atoms with E-state index in [-0.39, 0.29) is 11.9 Å². The summed E-state index contributed by atoms with van der Waals surface area (Å²) in [6, 6.07) is 7.43. The van der Waals surface area contributed by atoms with Crippen LogP contribution in [0.15, 0.2) is 36.7 Å². The van der Waals surface area contributed by atoms with Crippen LogP contribution in [0.3, 0.4) is 0 Å². The zero-order valence-electron chi connectivity index (χ0n) is 11.9. The molecular weight excluding hydrogens is 254 g/mol. The van der Waals surface area contributed by atoms with Crippen molar-refractivity contribution in [1.82, 2.24) is 15.3 Å². The lowest BCUT2D eigenvalue weighted by atomic mass is 10.2. The maximum absolute atomic E-state index is 12.0. The number of imidazole rings is 1. The number of H-pyrrole nitrogens is 1. The van der Waals surface area contributed by atoms with Crippen LogP contribution in [0.25, 0.3) is 0 Å². The van der Waals surface area contributed by atoms with Crippen molar-refractivity contribution < 1.29 is 9.53 Å². The van der Waals surface area contributed by atoms with Crippen LogP contribution in [0.5, 0.6) is 5.75 Å². The molecule has 0 saturated carbocycles. The highest BCUT2D eigenvalue weighted by Gasteiger charge is 2.18. The van der Waals surface area contributed by atoms with Crippen LogP contribution in [0, 0.1) is 6.92 Å². The van der Waals surface area contributed by atoms with Gasteiger partial charge in [-0.05, 0) is 32.9 Å². The van der Waals surface area contributed by atoms with Gasteiger partial charge in [0.1, 0.15) is 11.6 Å². The molecule has 2 rings (SSSR count). The molecule has 0 bridgehead atoms. The number of nitrogens with one attached hydrogen (secondary N) is 2. The van der Waals surface area contributed by atoms with E-state index in [1.54, 1.807) is 19.3 Å². The molecule has 0 aliphatic rings. The third kappa shape index (κ3) is 3.60. The van der Waals surface area contributed by atoms with Crippen LogP contribution >= 0.6 is 0 Å². The molecule has 2 unspecified atom stereocenters. The molecule has 5 heteroatoms. The van der Waals surface area contributed by atoms with Crippen molar-refractivity contribution in [3.8, 4) is 5.75 Å². The number of amides is 1. The van der Waals surface area contributed by atoms with Crippen LogP contribution < -0.4 is 10.1 Å². The fraction of sp³-hybridized carbons (Fsp3) is 0.333. The molecule has 0 aliphatic carbocycles. The predicted molar refractivity (Wildman–Crippen MR) is 76.4 cm³/mol. The largest absolute Gasteiger partial charge is 0.481 e. The first kappa shape index (κ1) is 14.1. The second-order valence-electron chi connectivity index (χ2n) is 4.78. The average molecular weight is 273 g/mol. The Morgan fingerprint density at radius 1 is 1.30 bits per heavy atom. The van der Waals surface area contributed by atoms with E-state index in [1.807, 2.05) is 38.1 Å². The zero-order chi connectivity index (χ0) is 14.5. The van der Waals surface area contributed by atoms with Gasteiger partial charge >= 0.3 is 0 Å². The van der Waals surface area contributed by atoms with Gasteiger partial charge in [-0.15, -0.1) is 0 Å². The van der Waals surface area contributed by atoms with Crippen molar-refractivity contribution in [3.05, 3.63) is 48.0 Å². The molecule has 0 saturated heterocycles. The SMILES string of the molecule is Cc1ccc(OC(C)C(=O)NC(C)c2ncc[nH]2)cc1. The van der Waals surface area contributed by atoms with Gasteiger partial charge in [0, 0.05) is 12.4 Å². The Hall–Kier alpha value is -2.30. The normalized spacial score (nSPS) is 13.6. The highest BCUT2D eigenvalue weighted by atomic mass is 16.5. The third-order valence-electron chi connectivity index (χ3n) is 2.99. The van der Waals surface area contributed by atoms with Crippen LogP contribution in [0.1, 0.15) is 31.3 Å². The van der Waals surface area contributed by atoms with E-state index in [2.05, 4.69) is 15.3 Å². The lowest BCUT2D eigenvalue weighted by Crippen LogP contribution is -2.38. The fourth-order valence-electron chi connectivity index (χ4n) is 1.79. The second-order valence-corrected chi connectivity index (χ2v) is 4.78. The Morgan fingerprint density at radius 3 is 2.60 bits per heavy atom. The number of benzene rings is 1. The predicted octanol–water partition coefficient (Wildman–Crippen LogP) is 2.36. The van der Waals surface area contributed by atoms with E-state index in [4.69, 9.17) is 4.74 Å². The van der Waals surface area contributed by atoms with E-state index in [0.29, 0.717) is 5.75 Å². The minimum Gasteiger partial charge on any atom is -0.481 e. The van der Waals surface area contributed by atoms with Crippen LogP contribution in [-0.4, -0.2) is 22.0 Å². The van der Waals surface area contributed by atoms with Gasteiger partial charge in [-0.1, -0.05) is 17.7 Å². The van der Waals surface area contributed by atoms with E-state index in [9.17, 15) is 4.79 Å². The van der Waals surface area contributed by atoms with Gasteiger partial charge in [-0.25, -0.2) is 4.98 Å². The van der Waals surface area contributed by atoms with Gasteiger partial charge in [0.15, 0.2) is 6.10 Å². The molecule has 0 fully saturated rings. The molecule has 1 heterocycles. The zero-order valence-corrected chi connectivity index (χ0v) is 11.9. The molecule has 5 nitrogen and oxygen atoms in total. The van der Waals surface area contributed by atoms with Gasteiger partial charge in [0.2, 0.25) is 0 Å². The summed E-state index contributed by atoms with van der Waals surface area (Å²) in [6.07, 6.45) is 2.82. The Labute approximate surface area is 118 Å². The summed E-state index contributed by atoms with van der Waals surface area (Å²) in [7, 11) is 0. The number of aromatic amines is 1. The average Bonchev–Trinajstić information content (AvgIpc) is 2.95. The Balaban J connectivity index is 1.90. The molecule has 20 heavy (non-hydrogen) atoms. The smallest absolute Gasteiger partial charge is 0.261 e. The first-order valence-corrected chi connectivity index (χ1v) is 6.59. The summed E-state index contributed by atoms with van der Waals surface area (Å²) in [5.74, 6) is 1.24. The number of rotatable bonds is 5. The van der Waals surface area contributed by atoms with Gasteiger partial charge in [0.05, 0.1) is 6.04 Å². The minimum atomic E-state index is -0.560. The summed E-state index contributed by atoms with van der Waals surface area (Å²) in [5, 5.41) is 2.86. The second kappa shape index (κ2) is 6.23. The number of carbonyl (C=O) groups is 1. The highest BCUT2D eigenvalue weighted by Crippen LogP contribution is 2.14. The summed E-state index contributed by atoms with van der Waals surface area (Å²) in [6.45, 7) is 5.60. The molecule has 2 atom stereocenters. The maximum atomic E-state index is 12.0. The molecule has 1 aromatic carbocycles. The number of hydrogen-bond donors (Lipinski definition) is 2. The van der Waals surface area contributed by atoms with Crippen molar-refractivity contribution in [2.45, 2.75) is 32.9 Å². The van der Waals surface area contributed by atoms with Gasteiger partial charge < -0.3 is 15.0 Å². The van der Waals surface area contributed by atoms with E-state index >= 15 is 0 Å². The quantitative estimate of drug-likeness (QED) is 0.878.